The SMILES string of the molecule is CCOC(=O)C(c1ncn2c1CC(F)C2)n1cc2c(C)cc(-c3ccc(N4CCOCC4)cc3)c(Cl)c2n1. The zero-order valence-electron chi connectivity index (χ0n) is 21.4. The number of halogens is 2. The van der Waals surface area contributed by atoms with E-state index in [1.807, 2.05) is 13.0 Å². The second-order valence-corrected chi connectivity index (χ2v) is 10.1. The van der Waals surface area contributed by atoms with Crippen molar-refractivity contribution in [2.24, 2.45) is 0 Å². The molecule has 1 saturated heterocycles. The van der Waals surface area contributed by atoms with Gasteiger partial charge in [-0.05, 0) is 43.2 Å². The summed E-state index contributed by atoms with van der Waals surface area (Å²) in [5.41, 5.74) is 5.72. The zero-order valence-corrected chi connectivity index (χ0v) is 22.1. The molecule has 2 aliphatic rings. The maximum absolute atomic E-state index is 14.1. The molecule has 0 spiro atoms. The lowest BCUT2D eigenvalue weighted by Crippen LogP contribution is -2.36. The smallest absolute Gasteiger partial charge is 0.337 e. The number of carbonyl (C=O) groups excluding carboxylic acids is 1. The van der Waals surface area contributed by atoms with E-state index in [1.54, 1.807) is 28.7 Å². The standard InChI is InChI=1S/C28H29ClFN5O3/c1-3-38-28(36)27(26-23-13-19(30)14-34(23)16-31-26)35-15-22-17(2)12-21(24(29)25(22)32-35)18-4-6-20(7-5-18)33-8-10-37-11-9-33/h4-7,12,15-16,19,27H,3,8-11,13-14H2,1-2H3. The van der Waals surface area contributed by atoms with Crippen LogP contribution in [0.15, 0.2) is 42.9 Å². The Morgan fingerprint density at radius 1 is 1.26 bits per heavy atom. The number of nitrogens with zero attached hydrogens (tertiary/aromatic N) is 5. The summed E-state index contributed by atoms with van der Waals surface area (Å²) >= 11 is 6.94. The molecule has 38 heavy (non-hydrogen) atoms. The molecule has 0 amide bonds. The van der Waals surface area contributed by atoms with Gasteiger partial charge in [0, 0.05) is 48.0 Å². The molecule has 2 aromatic heterocycles. The molecule has 4 aromatic rings. The van der Waals surface area contributed by atoms with Crippen molar-refractivity contribution in [3.05, 3.63) is 64.8 Å². The van der Waals surface area contributed by atoms with Gasteiger partial charge in [-0.25, -0.2) is 14.2 Å². The van der Waals surface area contributed by atoms with Crippen LogP contribution >= 0.6 is 11.6 Å². The number of fused-ring (bicyclic) bond motifs is 2. The number of morpholine rings is 1. The number of benzene rings is 2. The van der Waals surface area contributed by atoms with Gasteiger partial charge in [-0.1, -0.05) is 23.7 Å². The number of esters is 1. The first-order valence-corrected chi connectivity index (χ1v) is 13.3. The Morgan fingerprint density at radius 3 is 2.76 bits per heavy atom. The summed E-state index contributed by atoms with van der Waals surface area (Å²) in [4.78, 5) is 19.9. The molecule has 198 valence electrons. The Hall–Kier alpha value is -3.43. The van der Waals surface area contributed by atoms with Crippen molar-refractivity contribution >= 4 is 34.2 Å². The van der Waals surface area contributed by atoms with Crippen LogP contribution in [0.1, 0.15) is 29.9 Å². The maximum Gasteiger partial charge on any atom is 0.337 e. The number of carbonyl (C=O) groups is 1. The Bertz CT molecular complexity index is 1490. The van der Waals surface area contributed by atoms with Gasteiger partial charge in [-0.15, -0.1) is 0 Å². The fourth-order valence-electron chi connectivity index (χ4n) is 5.43. The minimum absolute atomic E-state index is 0.205. The molecule has 0 bridgehead atoms. The van der Waals surface area contributed by atoms with Crippen molar-refractivity contribution in [3.63, 3.8) is 0 Å². The van der Waals surface area contributed by atoms with Crippen LogP contribution < -0.4 is 4.90 Å². The highest BCUT2D eigenvalue weighted by atomic mass is 35.5. The molecule has 0 aliphatic carbocycles. The molecule has 2 aromatic carbocycles. The summed E-state index contributed by atoms with van der Waals surface area (Å²) in [6.07, 6.45) is 2.59. The van der Waals surface area contributed by atoms with E-state index in [0.717, 1.165) is 54.1 Å². The summed E-state index contributed by atoms with van der Waals surface area (Å²) in [5, 5.41) is 6.11. The third-order valence-electron chi connectivity index (χ3n) is 7.34. The highest BCUT2D eigenvalue weighted by Crippen LogP contribution is 2.38. The summed E-state index contributed by atoms with van der Waals surface area (Å²) in [7, 11) is 0. The summed E-state index contributed by atoms with van der Waals surface area (Å²) in [5.74, 6) is -0.489. The maximum atomic E-state index is 14.1. The first kappa shape index (κ1) is 24.9. The molecule has 1 fully saturated rings. The number of hydrogen-bond donors (Lipinski definition) is 0. The average molecular weight is 538 g/mol. The van der Waals surface area contributed by atoms with Gasteiger partial charge in [0.25, 0.3) is 0 Å². The molecule has 2 aliphatic heterocycles. The summed E-state index contributed by atoms with van der Waals surface area (Å²) in [6.45, 7) is 7.40. The van der Waals surface area contributed by atoms with E-state index < -0.39 is 18.2 Å². The highest BCUT2D eigenvalue weighted by molar-refractivity contribution is 6.38. The van der Waals surface area contributed by atoms with Gasteiger partial charge in [0.05, 0.1) is 43.4 Å². The zero-order chi connectivity index (χ0) is 26.4. The molecular weight excluding hydrogens is 509 g/mol. The number of aryl methyl sites for hydroxylation is 1. The highest BCUT2D eigenvalue weighted by Gasteiger charge is 2.35. The Labute approximate surface area is 224 Å². The summed E-state index contributed by atoms with van der Waals surface area (Å²) < 4.78 is 28.3. The van der Waals surface area contributed by atoms with Gasteiger partial charge in [0.15, 0.2) is 6.04 Å². The van der Waals surface area contributed by atoms with E-state index >= 15 is 0 Å². The van der Waals surface area contributed by atoms with Crippen LogP contribution in [0.3, 0.4) is 0 Å². The number of anilines is 1. The third kappa shape index (κ3) is 4.33. The normalized spacial score (nSPS) is 18.1. The van der Waals surface area contributed by atoms with Crippen LogP contribution in [-0.4, -0.2) is 64.4 Å². The van der Waals surface area contributed by atoms with E-state index in [9.17, 15) is 9.18 Å². The average Bonchev–Trinajstić information content (AvgIpc) is 3.63. The fraction of sp³-hybridized carbons (Fsp3) is 0.393. The van der Waals surface area contributed by atoms with Crippen LogP contribution in [0, 0.1) is 6.92 Å². The van der Waals surface area contributed by atoms with E-state index in [0.29, 0.717) is 21.9 Å². The van der Waals surface area contributed by atoms with E-state index in [2.05, 4.69) is 34.1 Å². The molecule has 10 heteroatoms. The number of rotatable bonds is 6. The van der Waals surface area contributed by atoms with E-state index in [-0.39, 0.29) is 19.6 Å². The molecule has 0 N–H and O–H groups in total. The predicted octanol–water partition coefficient (Wildman–Crippen LogP) is 4.74. The lowest BCUT2D eigenvalue weighted by Gasteiger charge is -2.29. The Kier molecular flexibility index (Phi) is 6.57. The molecule has 4 heterocycles. The van der Waals surface area contributed by atoms with Gasteiger partial charge < -0.3 is 18.9 Å². The lowest BCUT2D eigenvalue weighted by atomic mass is 10.0. The van der Waals surface area contributed by atoms with Crippen molar-refractivity contribution in [2.45, 2.75) is 39.0 Å². The number of alkyl halides is 1. The topological polar surface area (TPSA) is 74.4 Å². The number of hydrogen-bond acceptors (Lipinski definition) is 6. The first-order chi connectivity index (χ1) is 18.4. The Balaban J connectivity index is 1.39. The second-order valence-electron chi connectivity index (χ2n) is 9.76. The monoisotopic (exact) mass is 537 g/mol. The van der Waals surface area contributed by atoms with Gasteiger partial charge in [-0.3, -0.25) is 4.68 Å². The summed E-state index contributed by atoms with van der Waals surface area (Å²) in [6, 6.07) is 9.44. The number of aromatic nitrogens is 4. The second kappa shape index (κ2) is 10.0. The van der Waals surface area contributed by atoms with Gasteiger partial charge in [0.2, 0.25) is 0 Å². The van der Waals surface area contributed by atoms with Crippen molar-refractivity contribution in [2.75, 3.05) is 37.8 Å². The van der Waals surface area contributed by atoms with E-state index in [4.69, 9.17) is 26.2 Å². The van der Waals surface area contributed by atoms with Crippen LogP contribution in [-0.2, 0) is 27.2 Å². The Morgan fingerprint density at radius 2 is 2.03 bits per heavy atom. The molecular formula is C28H29ClFN5O3. The minimum atomic E-state index is -1.000. The lowest BCUT2D eigenvalue weighted by molar-refractivity contribution is -0.146. The van der Waals surface area contributed by atoms with E-state index in [1.165, 1.54) is 0 Å². The van der Waals surface area contributed by atoms with Crippen molar-refractivity contribution < 1.29 is 18.7 Å². The van der Waals surface area contributed by atoms with Crippen LogP contribution in [0.25, 0.3) is 22.0 Å². The minimum Gasteiger partial charge on any atom is -0.464 e. The van der Waals surface area contributed by atoms with Gasteiger partial charge in [0.1, 0.15) is 11.7 Å². The van der Waals surface area contributed by atoms with Gasteiger partial charge >= 0.3 is 5.97 Å². The third-order valence-corrected chi connectivity index (χ3v) is 7.72. The van der Waals surface area contributed by atoms with Crippen molar-refractivity contribution in [3.8, 4) is 11.1 Å². The van der Waals surface area contributed by atoms with Gasteiger partial charge in [-0.2, -0.15) is 5.10 Å². The molecule has 2 unspecified atom stereocenters. The van der Waals surface area contributed by atoms with Crippen LogP contribution in [0.5, 0.6) is 0 Å². The molecule has 8 nitrogen and oxygen atoms in total. The number of imidazole rings is 1. The van der Waals surface area contributed by atoms with Crippen LogP contribution in [0.2, 0.25) is 5.02 Å². The fourth-order valence-corrected chi connectivity index (χ4v) is 5.73. The molecule has 0 radical (unpaired) electrons. The quantitative estimate of drug-likeness (QED) is 0.331. The van der Waals surface area contributed by atoms with Crippen molar-refractivity contribution in [1.29, 1.82) is 0 Å². The van der Waals surface area contributed by atoms with Crippen molar-refractivity contribution in [1.82, 2.24) is 19.3 Å². The molecule has 0 saturated carbocycles. The first-order valence-electron chi connectivity index (χ1n) is 12.9. The van der Waals surface area contributed by atoms with Crippen LogP contribution in [0.4, 0.5) is 10.1 Å². The largest absolute Gasteiger partial charge is 0.464 e. The molecule has 6 rings (SSSR count). The number of ether oxygens (including phenoxy) is 2. The molecule has 2 atom stereocenters. The predicted molar refractivity (Wildman–Crippen MR) is 144 cm³/mol.